The molecule has 0 fully saturated rings. The number of rotatable bonds is 7. The smallest absolute Gasteiger partial charge is 0.254 e. The van der Waals surface area contributed by atoms with Crippen molar-refractivity contribution in [3.63, 3.8) is 0 Å². The normalized spacial score (nSPS) is 11.6. The van der Waals surface area contributed by atoms with E-state index in [1.807, 2.05) is 12.1 Å². The second kappa shape index (κ2) is 7.52. The molecule has 0 aliphatic heterocycles. The van der Waals surface area contributed by atoms with Crippen LogP contribution < -0.4 is 22.1 Å². The second-order valence-electron chi connectivity index (χ2n) is 5.66. The predicted octanol–water partition coefficient (Wildman–Crippen LogP) is 1.26. The zero-order valence-electron chi connectivity index (χ0n) is 14.3. The van der Waals surface area contributed by atoms with Gasteiger partial charge in [-0.3, -0.25) is 9.59 Å². The molecule has 3 aromatic rings. The van der Waals surface area contributed by atoms with Crippen LogP contribution in [0.2, 0.25) is 0 Å². The van der Waals surface area contributed by atoms with E-state index < -0.39 is 17.9 Å². The van der Waals surface area contributed by atoms with Crippen LogP contribution in [0.5, 0.6) is 0 Å². The summed E-state index contributed by atoms with van der Waals surface area (Å²) in [5.74, 6) is -0.287. The van der Waals surface area contributed by atoms with E-state index in [1.165, 1.54) is 12.6 Å². The number of nitrogens with one attached hydrogen (secondary N) is 2. The highest BCUT2D eigenvalue weighted by atomic mass is 16.3. The predicted molar refractivity (Wildman–Crippen MR) is 98.1 cm³/mol. The number of oxazole rings is 1. The largest absolute Gasteiger partial charge is 0.444 e. The van der Waals surface area contributed by atoms with Gasteiger partial charge in [0, 0.05) is 17.4 Å². The van der Waals surface area contributed by atoms with Gasteiger partial charge in [0.15, 0.2) is 12.2 Å². The molecule has 27 heavy (non-hydrogen) atoms. The highest BCUT2D eigenvalue weighted by molar-refractivity contribution is 5.98. The van der Waals surface area contributed by atoms with Crippen LogP contribution in [0.15, 0.2) is 47.5 Å². The summed E-state index contributed by atoms with van der Waals surface area (Å²) < 4.78 is 5.24. The fraction of sp³-hybridized carbons (Fsp3) is 0.118. The van der Waals surface area contributed by atoms with E-state index in [9.17, 15) is 9.59 Å². The molecule has 0 aliphatic rings. The maximum atomic E-state index is 11.7. The lowest BCUT2D eigenvalue weighted by Gasteiger charge is -2.13. The molecule has 138 valence electrons. The Hall–Kier alpha value is -3.95. The van der Waals surface area contributed by atoms with Crippen LogP contribution >= 0.6 is 0 Å². The molecule has 10 heteroatoms. The third-order valence-electron chi connectivity index (χ3n) is 3.69. The van der Waals surface area contributed by atoms with E-state index >= 15 is 0 Å². The van der Waals surface area contributed by atoms with E-state index in [2.05, 4.69) is 25.6 Å². The average molecular weight is 367 g/mol. The first-order valence-corrected chi connectivity index (χ1v) is 7.92. The van der Waals surface area contributed by atoms with Crippen molar-refractivity contribution in [3.8, 4) is 11.3 Å². The van der Waals surface area contributed by atoms with Gasteiger partial charge in [-0.1, -0.05) is 0 Å². The van der Waals surface area contributed by atoms with Gasteiger partial charge in [-0.2, -0.15) is 4.98 Å². The van der Waals surface area contributed by atoms with Gasteiger partial charge in [-0.05, 0) is 31.2 Å². The lowest BCUT2D eigenvalue weighted by atomic mass is 10.1. The fourth-order valence-electron chi connectivity index (χ4n) is 2.20. The van der Waals surface area contributed by atoms with Gasteiger partial charge >= 0.3 is 0 Å². The Kier molecular flexibility index (Phi) is 4.97. The number of amides is 2. The molecule has 0 radical (unpaired) electrons. The molecule has 0 spiro atoms. The number of nitrogens with zero attached hydrogens (tertiary/aromatic N) is 3. The number of carbonyl (C=O) groups is 2. The number of hydrogen-bond acceptors (Lipinski definition) is 8. The number of carbonyl (C=O) groups excluding carboxylic acids is 2. The Morgan fingerprint density at radius 3 is 2.48 bits per heavy atom. The SMILES string of the molecule is CC(Nc1ncc(C(N)=O)c(Nc2ccc(-c3cnco3)cc2)n1)C(N)=O. The third-order valence-corrected chi connectivity index (χ3v) is 3.69. The number of primary amides is 2. The molecule has 0 bridgehead atoms. The molecule has 1 aromatic carbocycles. The zero-order valence-corrected chi connectivity index (χ0v) is 14.3. The lowest BCUT2D eigenvalue weighted by molar-refractivity contribution is -0.118. The van der Waals surface area contributed by atoms with Crippen LogP contribution in [0.3, 0.4) is 0 Å². The van der Waals surface area contributed by atoms with Crippen LogP contribution in [-0.2, 0) is 4.79 Å². The van der Waals surface area contributed by atoms with E-state index in [0.717, 1.165) is 5.56 Å². The molecule has 3 rings (SSSR count). The maximum Gasteiger partial charge on any atom is 0.254 e. The summed E-state index contributed by atoms with van der Waals surface area (Å²) in [6.07, 6.45) is 4.23. The minimum atomic E-state index is -0.690. The Bertz CT molecular complexity index is 955. The molecule has 2 heterocycles. The number of aromatic nitrogens is 3. The van der Waals surface area contributed by atoms with Crippen LogP contribution in [0, 0.1) is 0 Å². The van der Waals surface area contributed by atoms with Crippen molar-refractivity contribution in [2.75, 3.05) is 10.6 Å². The van der Waals surface area contributed by atoms with Gasteiger partial charge in [-0.25, -0.2) is 9.97 Å². The van der Waals surface area contributed by atoms with Crippen molar-refractivity contribution >= 4 is 29.3 Å². The highest BCUT2D eigenvalue weighted by Gasteiger charge is 2.15. The first kappa shape index (κ1) is 17.9. The van der Waals surface area contributed by atoms with Crippen molar-refractivity contribution in [1.82, 2.24) is 15.0 Å². The fourth-order valence-corrected chi connectivity index (χ4v) is 2.20. The first-order chi connectivity index (χ1) is 12.9. The van der Waals surface area contributed by atoms with E-state index in [4.69, 9.17) is 15.9 Å². The van der Waals surface area contributed by atoms with Gasteiger partial charge in [0.1, 0.15) is 17.4 Å². The van der Waals surface area contributed by atoms with Gasteiger partial charge in [0.25, 0.3) is 5.91 Å². The standard InChI is InChI=1S/C17H17N7O3/c1-9(14(18)25)22-17-21-6-12(15(19)26)16(24-17)23-11-4-2-10(3-5-11)13-7-20-8-27-13/h2-9H,1H3,(H2,18,25)(H2,19,26)(H2,21,22,23,24). The van der Waals surface area contributed by atoms with Crippen molar-refractivity contribution in [1.29, 1.82) is 0 Å². The minimum absolute atomic E-state index is 0.103. The minimum Gasteiger partial charge on any atom is -0.444 e. The average Bonchev–Trinajstić information content (AvgIpc) is 3.17. The molecule has 2 amide bonds. The molecular weight excluding hydrogens is 350 g/mol. The molecule has 0 saturated heterocycles. The summed E-state index contributed by atoms with van der Waals surface area (Å²) in [6, 6.07) is 6.52. The Balaban J connectivity index is 1.85. The van der Waals surface area contributed by atoms with Crippen molar-refractivity contribution in [2.24, 2.45) is 11.5 Å². The first-order valence-electron chi connectivity index (χ1n) is 7.92. The summed E-state index contributed by atoms with van der Waals surface area (Å²) in [5, 5.41) is 5.77. The summed E-state index contributed by atoms with van der Waals surface area (Å²) in [5.41, 5.74) is 12.2. The number of hydrogen-bond donors (Lipinski definition) is 4. The van der Waals surface area contributed by atoms with Gasteiger partial charge in [0.05, 0.1) is 6.20 Å². The van der Waals surface area contributed by atoms with Crippen molar-refractivity contribution < 1.29 is 14.0 Å². The van der Waals surface area contributed by atoms with Gasteiger partial charge in [0.2, 0.25) is 11.9 Å². The summed E-state index contributed by atoms with van der Waals surface area (Å²) >= 11 is 0. The zero-order chi connectivity index (χ0) is 19.4. The van der Waals surface area contributed by atoms with E-state index in [-0.39, 0.29) is 17.3 Å². The van der Waals surface area contributed by atoms with Crippen molar-refractivity contribution in [2.45, 2.75) is 13.0 Å². The van der Waals surface area contributed by atoms with Crippen LogP contribution in [-0.4, -0.2) is 32.8 Å². The molecule has 1 unspecified atom stereocenters. The molecule has 0 saturated carbocycles. The van der Waals surface area contributed by atoms with Crippen LogP contribution in [0.1, 0.15) is 17.3 Å². The third kappa shape index (κ3) is 4.18. The Morgan fingerprint density at radius 2 is 1.89 bits per heavy atom. The van der Waals surface area contributed by atoms with Gasteiger partial charge in [-0.15, -0.1) is 0 Å². The quantitative estimate of drug-likeness (QED) is 0.485. The lowest BCUT2D eigenvalue weighted by Crippen LogP contribution is -2.33. The molecule has 2 aromatic heterocycles. The highest BCUT2D eigenvalue weighted by Crippen LogP contribution is 2.24. The number of anilines is 3. The summed E-state index contributed by atoms with van der Waals surface area (Å²) in [7, 11) is 0. The topological polar surface area (TPSA) is 162 Å². The van der Waals surface area contributed by atoms with Crippen LogP contribution in [0.4, 0.5) is 17.5 Å². The van der Waals surface area contributed by atoms with Gasteiger partial charge < -0.3 is 26.5 Å². The molecule has 0 aliphatic carbocycles. The van der Waals surface area contributed by atoms with E-state index in [0.29, 0.717) is 11.4 Å². The molecule has 10 nitrogen and oxygen atoms in total. The Morgan fingerprint density at radius 1 is 1.15 bits per heavy atom. The monoisotopic (exact) mass is 367 g/mol. The second-order valence-corrected chi connectivity index (χ2v) is 5.66. The summed E-state index contributed by atoms with van der Waals surface area (Å²) in [4.78, 5) is 34.9. The van der Waals surface area contributed by atoms with Crippen molar-refractivity contribution in [3.05, 3.63) is 48.6 Å². The Labute approximate surface area is 154 Å². The molecular formula is C17H17N7O3. The number of benzene rings is 1. The maximum absolute atomic E-state index is 11.7. The van der Waals surface area contributed by atoms with E-state index in [1.54, 1.807) is 25.3 Å². The van der Waals surface area contributed by atoms with Crippen LogP contribution in [0.25, 0.3) is 11.3 Å². The summed E-state index contributed by atoms with van der Waals surface area (Å²) in [6.45, 7) is 1.57. The molecule has 1 atom stereocenters. The number of nitrogens with two attached hydrogens (primary N) is 2. The molecule has 6 N–H and O–H groups in total.